The Kier molecular flexibility index (Phi) is 7.19. The number of methoxy groups -OCH3 is 2. The molecule has 1 amide bonds. The summed E-state index contributed by atoms with van der Waals surface area (Å²) < 4.78 is 16.5. The fraction of sp³-hybridized carbons (Fsp3) is 0.364. The van der Waals surface area contributed by atoms with Gasteiger partial charge in [-0.05, 0) is 65.1 Å². The van der Waals surface area contributed by atoms with Gasteiger partial charge in [0.25, 0.3) is 0 Å². The quantitative estimate of drug-likeness (QED) is 0.226. The number of thiophene rings is 1. The number of amides is 1. The summed E-state index contributed by atoms with van der Waals surface area (Å²) in [6.45, 7) is 0. The van der Waals surface area contributed by atoms with E-state index in [1.54, 1.807) is 31.4 Å². The van der Waals surface area contributed by atoms with Gasteiger partial charge in [0.05, 0.1) is 25.5 Å². The summed E-state index contributed by atoms with van der Waals surface area (Å²) in [4.78, 5) is 38.5. The molecule has 11 heteroatoms. The van der Waals surface area contributed by atoms with Crippen LogP contribution in [0.5, 0.6) is 5.75 Å². The molecule has 2 heterocycles. The maximum atomic E-state index is 12.7. The van der Waals surface area contributed by atoms with Crippen molar-refractivity contribution in [1.29, 1.82) is 0 Å². The maximum absolute atomic E-state index is 12.7. The van der Waals surface area contributed by atoms with Crippen LogP contribution in [0.15, 0.2) is 38.6 Å². The average Bonchev–Trinajstić information content (AvgIpc) is 3.27. The van der Waals surface area contributed by atoms with Crippen LogP contribution in [0.1, 0.15) is 40.1 Å². The Bertz CT molecular complexity index is 1210. The van der Waals surface area contributed by atoms with Gasteiger partial charge in [0, 0.05) is 17.0 Å². The maximum Gasteiger partial charge on any atom is 0.442 e. The first kappa shape index (κ1) is 23.1. The topological polar surface area (TPSA) is 115 Å². The van der Waals surface area contributed by atoms with Crippen molar-refractivity contribution in [3.63, 3.8) is 0 Å². The number of nitrogens with zero attached hydrogens (tertiary/aromatic N) is 1. The number of anilines is 1. The molecule has 0 fully saturated rings. The summed E-state index contributed by atoms with van der Waals surface area (Å²) in [7, 11) is 2.91. The highest BCUT2D eigenvalue weighted by atomic mass is 32.2. The third kappa shape index (κ3) is 4.98. The van der Waals surface area contributed by atoms with E-state index in [9.17, 15) is 14.4 Å². The lowest BCUT2D eigenvalue weighted by Crippen LogP contribution is -2.36. The number of thioether (sulfide) groups is 1. The zero-order valence-electron chi connectivity index (χ0n) is 18.3. The third-order valence-corrected chi connectivity index (χ3v) is 7.58. The van der Waals surface area contributed by atoms with Crippen LogP contribution in [-0.4, -0.2) is 37.1 Å². The van der Waals surface area contributed by atoms with Gasteiger partial charge < -0.3 is 14.8 Å². The summed E-state index contributed by atoms with van der Waals surface area (Å²) in [6.07, 6.45) is 4.87. The summed E-state index contributed by atoms with van der Waals surface area (Å²) in [5.41, 5.74) is 1.50. The first-order chi connectivity index (χ1) is 16.0. The molecule has 2 aromatic heterocycles. The van der Waals surface area contributed by atoms with Crippen LogP contribution >= 0.6 is 23.1 Å². The van der Waals surface area contributed by atoms with Gasteiger partial charge >= 0.3 is 16.6 Å². The average molecular weight is 491 g/mol. The second-order valence-electron chi connectivity index (χ2n) is 7.42. The number of benzene rings is 1. The second-order valence-corrected chi connectivity index (χ2v) is 9.49. The van der Waals surface area contributed by atoms with E-state index in [1.165, 1.54) is 23.1 Å². The predicted molar refractivity (Wildman–Crippen MR) is 124 cm³/mol. The van der Waals surface area contributed by atoms with Gasteiger partial charge in [-0.2, -0.15) is 0 Å². The van der Waals surface area contributed by atoms with Gasteiger partial charge in [-0.25, -0.2) is 9.59 Å². The van der Waals surface area contributed by atoms with Gasteiger partial charge in [0.2, 0.25) is 11.6 Å². The van der Waals surface area contributed by atoms with Gasteiger partial charge in [-0.15, -0.1) is 11.3 Å². The standard InChI is InChI=1S/C22H23N3O6S2/c1-29-14-10-8-13(9-11-14)25-20(22(28)31-24-25)32-12-17(26)23-19-18(21(27)30-2)15-6-4-3-5-7-16(15)33-19/h8-11H,3-7,12H2,1-2H3,(H-,23,24,26,27,28)/p+1. The molecule has 3 aromatic rings. The van der Waals surface area contributed by atoms with E-state index in [0.717, 1.165) is 54.3 Å². The summed E-state index contributed by atoms with van der Waals surface area (Å²) >= 11 is 2.47. The van der Waals surface area contributed by atoms with Gasteiger partial charge in [-0.3, -0.25) is 9.32 Å². The molecule has 1 aromatic carbocycles. The zero-order chi connectivity index (χ0) is 23.4. The Hall–Kier alpha value is -3.05. The summed E-state index contributed by atoms with van der Waals surface area (Å²) in [5, 5.41) is 6.13. The lowest BCUT2D eigenvalue weighted by molar-refractivity contribution is -0.704. The number of nitrogens with one attached hydrogen (secondary N) is 2. The Morgan fingerprint density at radius 1 is 1.18 bits per heavy atom. The molecule has 174 valence electrons. The summed E-state index contributed by atoms with van der Waals surface area (Å²) in [5.74, 6) is -0.138. The number of hydrogen-bond acceptors (Lipinski definition) is 8. The molecule has 0 aliphatic heterocycles. The zero-order valence-corrected chi connectivity index (χ0v) is 19.9. The second kappa shape index (κ2) is 10.3. The minimum absolute atomic E-state index is 0.0397. The number of carbonyl (C=O) groups excluding carboxylic acids is 2. The van der Waals surface area contributed by atoms with Crippen molar-refractivity contribution in [2.75, 3.05) is 25.3 Å². The molecule has 0 spiro atoms. The lowest BCUT2D eigenvalue weighted by atomic mass is 10.1. The molecule has 0 unspecified atom stereocenters. The van der Waals surface area contributed by atoms with Gasteiger partial charge in [-0.1, -0.05) is 6.42 Å². The molecular weight excluding hydrogens is 466 g/mol. The van der Waals surface area contributed by atoms with Crippen molar-refractivity contribution in [1.82, 2.24) is 5.27 Å². The Labute approximate surface area is 198 Å². The molecule has 0 atom stereocenters. The Morgan fingerprint density at radius 2 is 1.94 bits per heavy atom. The first-order valence-electron chi connectivity index (χ1n) is 10.4. The Balaban J connectivity index is 1.50. The van der Waals surface area contributed by atoms with Crippen LogP contribution in [0.3, 0.4) is 0 Å². The van der Waals surface area contributed by atoms with Crippen molar-refractivity contribution >= 4 is 40.0 Å². The van der Waals surface area contributed by atoms with Crippen LogP contribution in [-0.2, 0) is 22.4 Å². The van der Waals surface area contributed by atoms with Crippen molar-refractivity contribution in [2.45, 2.75) is 37.1 Å². The van der Waals surface area contributed by atoms with Crippen molar-refractivity contribution in [3.05, 3.63) is 50.7 Å². The molecule has 1 aliphatic carbocycles. The molecule has 33 heavy (non-hydrogen) atoms. The highest BCUT2D eigenvalue weighted by Crippen LogP contribution is 2.38. The largest absolute Gasteiger partial charge is 0.497 e. The third-order valence-electron chi connectivity index (χ3n) is 5.34. The van der Waals surface area contributed by atoms with Crippen LogP contribution in [0, 0.1) is 0 Å². The van der Waals surface area contributed by atoms with E-state index in [-0.39, 0.29) is 16.7 Å². The number of fused-ring (bicyclic) bond motifs is 1. The van der Waals surface area contributed by atoms with Gasteiger partial charge in [0.15, 0.2) is 0 Å². The molecule has 0 saturated heterocycles. The van der Waals surface area contributed by atoms with Gasteiger partial charge in [0.1, 0.15) is 10.8 Å². The number of aryl methyl sites for hydroxylation is 1. The van der Waals surface area contributed by atoms with Crippen LogP contribution < -0.4 is 20.4 Å². The molecule has 1 aliphatic rings. The van der Waals surface area contributed by atoms with Crippen molar-refractivity contribution < 1.29 is 28.3 Å². The number of ether oxygens (including phenoxy) is 2. The van der Waals surface area contributed by atoms with E-state index in [0.29, 0.717) is 22.0 Å². The number of esters is 1. The number of carbonyl (C=O) groups is 2. The smallest absolute Gasteiger partial charge is 0.442 e. The number of aromatic amines is 1. The minimum atomic E-state index is -0.582. The van der Waals surface area contributed by atoms with Crippen molar-refractivity contribution in [2.24, 2.45) is 0 Å². The fourth-order valence-corrected chi connectivity index (χ4v) is 5.80. The molecule has 0 radical (unpaired) electrons. The SMILES string of the molecule is COC(=O)c1c(NC(=O)CSc2c(=O)o[nH][n+]2-c2ccc(OC)cc2)sc2c1CCCCC2. The van der Waals surface area contributed by atoms with E-state index in [4.69, 9.17) is 14.0 Å². The van der Waals surface area contributed by atoms with E-state index < -0.39 is 11.6 Å². The Morgan fingerprint density at radius 3 is 2.67 bits per heavy atom. The summed E-state index contributed by atoms with van der Waals surface area (Å²) in [6, 6.07) is 7.03. The molecule has 0 saturated carbocycles. The first-order valence-corrected chi connectivity index (χ1v) is 12.3. The van der Waals surface area contributed by atoms with E-state index in [2.05, 4.69) is 10.6 Å². The number of aromatic nitrogens is 2. The highest BCUT2D eigenvalue weighted by Gasteiger charge is 2.28. The molecule has 9 nitrogen and oxygen atoms in total. The monoisotopic (exact) mass is 490 g/mol. The number of rotatable bonds is 7. The molecule has 2 N–H and O–H groups in total. The fourth-order valence-electron chi connectivity index (χ4n) is 3.73. The predicted octanol–water partition coefficient (Wildman–Crippen LogP) is 3.10. The van der Waals surface area contributed by atoms with Crippen LogP contribution in [0.2, 0.25) is 0 Å². The normalized spacial score (nSPS) is 13.2. The van der Waals surface area contributed by atoms with E-state index >= 15 is 0 Å². The molecular formula is C22H24N3O6S2+. The lowest BCUT2D eigenvalue weighted by Gasteiger charge is -2.06. The molecule has 0 bridgehead atoms. The van der Waals surface area contributed by atoms with Crippen LogP contribution in [0.4, 0.5) is 5.00 Å². The highest BCUT2D eigenvalue weighted by molar-refractivity contribution is 7.99. The minimum Gasteiger partial charge on any atom is -0.497 e. The molecule has 4 rings (SSSR count). The van der Waals surface area contributed by atoms with E-state index in [1.807, 2.05) is 0 Å². The van der Waals surface area contributed by atoms with Crippen LogP contribution in [0.25, 0.3) is 5.69 Å². The number of H-pyrrole nitrogens is 1. The number of hydrogen-bond donors (Lipinski definition) is 2. The van der Waals surface area contributed by atoms with Crippen molar-refractivity contribution in [3.8, 4) is 11.4 Å².